The number of nitrogens with one attached hydrogen (secondary N) is 1. The highest BCUT2D eigenvalue weighted by Gasteiger charge is 2.23. The number of hydrogen-bond acceptors (Lipinski definition) is 3. The van der Waals surface area contributed by atoms with Crippen molar-refractivity contribution < 1.29 is 9.31 Å². The lowest BCUT2D eigenvalue weighted by Gasteiger charge is -2.28. The van der Waals surface area contributed by atoms with Crippen LogP contribution in [0.1, 0.15) is 32.6 Å². The predicted molar refractivity (Wildman–Crippen MR) is 68.1 cm³/mol. The van der Waals surface area contributed by atoms with Crippen LogP contribution >= 0.6 is 0 Å². The van der Waals surface area contributed by atoms with Crippen LogP contribution in [0.3, 0.4) is 0 Å². The fourth-order valence-corrected chi connectivity index (χ4v) is 2.34. The maximum atomic E-state index is 13.6. The van der Waals surface area contributed by atoms with Crippen LogP contribution in [0.25, 0.3) is 0 Å². The van der Waals surface area contributed by atoms with Crippen molar-refractivity contribution in [1.29, 1.82) is 0 Å². The average Bonchev–Trinajstić information content (AvgIpc) is 2.26. The third kappa shape index (κ3) is 2.78. The monoisotopic (exact) mass is 252 g/mol. The standard InChI is InChI=1S/C13H17FN2O2/c1-9(8-10-4-2-5-10)15-13-11(14)6-3-7-12(13)16(17)18/h3,6-7,9-10,15H,2,4-5,8H2,1H3. The summed E-state index contributed by atoms with van der Waals surface area (Å²) in [7, 11) is 0. The number of anilines is 1. The van der Waals surface area contributed by atoms with Crippen LogP contribution in [-0.2, 0) is 0 Å². The normalized spacial score (nSPS) is 17.0. The Hall–Kier alpha value is -1.65. The highest BCUT2D eigenvalue weighted by atomic mass is 19.1. The summed E-state index contributed by atoms with van der Waals surface area (Å²) in [6, 6.07) is 3.97. The third-order valence-electron chi connectivity index (χ3n) is 3.49. The van der Waals surface area contributed by atoms with Gasteiger partial charge in [-0.1, -0.05) is 25.3 Å². The van der Waals surface area contributed by atoms with Crippen LogP contribution in [0.5, 0.6) is 0 Å². The number of hydrogen-bond donors (Lipinski definition) is 1. The Labute approximate surface area is 105 Å². The smallest absolute Gasteiger partial charge is 0.295 e. The average molecular weight is 252 g/mol. The number of benzene rings is 1. The Morgan fingerprint density at radius 2 is 2.28 bits per heavy atom. The van der Waals surface area contributed by atoms with Crippen LogP contribution < -0.4 is 5.32 Å². The fourth-order valence-electron chi connectivity index (χ4n) is 2.34. The number of halogens is 1. The second kappa shape index (κ2) is 5.33. The van der Waals surface area contributed by atoms with Crippen molar-refractivity contribution in [3.8, 4) is 0 Å². The highest BCUT2D eigenvalue weighted by Crippen LogP contribution is 2.33. The van der Waals surface area contributed by atoms with E-state index in [-0.39, 0.29) is 17.4 Å². The fraction of sp³-hybridized carbons (Fsp3) is 0.538. The van der Waals surface area contributed by atoms with E-state index in [1.54, 1.807) is 0 Å². The molecule has 2 rings (SSSR count). The second-order valence-corrected chi connectivity index (χ2v) is 4.97. The summed E-state index contributed by atoms with van der Waals surface area (Å²) in [5.41, 5.74) is -0.190. The minimum atomic E-state index is -0.565. The van der Waals surface area contributed by atoms with Crippen LogP contribution in [0.15, 0.2) is 18.2 Å². The van der Waals surface area contributed by atoms with E-state index in [2.05, 4.69) is 5.32 Å². The molecule has 1 atom stereocenters. The van der Waals surface area contributed by atoms with Gasteiger partial charge in [-0.3, -0.25) is 10.1 Å². The van der Waals surface area contributed by atoms with Gasteiger partial charge in [0.1, 0.15) is 5.69 Å². The number of rotatable bonds is 5. The Balaban J connectivity index is 2.09. The Bertz CT molecular complexity index is 447. The summed E-state index contributed by atoms with van der Waals surface area (Å²) in [5, 5.41) is 13.8. The topological polar surface area (TPSA) is 55.2 Å². The Morgan fingerprint density at radius 1 is 1.56 bits per heavy atom. The summed E-state index contributed by atoms with van der Waals surface area (Å²) >= 11 is 0. The van der Waals surface area contributed by atoms with Crippen LogP contribution in [0.2, 0.25) is 0 Å². The first-order chi connectivity index (χ1) is 8.58. The summed E-state index contributed by atoms with van der Waals surface area (Å²) in [6.45, 7) is 1.94. The third-order valence-corrected chi connectivity index (χ3v) is 3.49. The van der Waals surface area contributed by atoms with E-state index in [1.165, 1.54) is 37.5 Å². The number of nitrogens with zero attached hydrogens (tertiary/aromatic N) is 1. The van der Waals surface area contributed by atoms with Gasteiger partial charge in [-0.2, -0.15) is 0 Å². The molecule has 0 bridgehead atoms. The first-order valence-corrected chi connectivity index (χ1v) is 6.27. The van der Waals surface area contributed by atoms with Gasteiger partial charge >= 0.3 is 0 Å². The summed E-state index contributed by atoms with van der Waals surface area (Å²) in [4.78, 5) is 10.3. The van der Waals surface area contributed by atoms with Gasteiger partial charge in [0.25, 0.3) is 5.69 Å². The lowest BCUT2D eigenvalue weighted by molar-refractivity contribution is -0.384. The molecule has 1 aromatic rings. The first-order valence-electron chi connectivity index (χ1n) is 6.27. The summed E-state index contributed by atoms with van der Waals surface area (Å²) in [5.74, 6) is 0.114. The van der Waals surface area contributed by atoms with Crippen molar-refractivity contribution in [2.24, 2.45) is 5.92 Å². The molecule has 1 fully saturated rings. The van der Waals surface area contributed by atoms with Gasteiger partial charge in [-0.05, 0) is 25.3 Å². The van der Waals surface area contributed by atoms with E-state index in [1.807, 2.05) is 6.92 Å². The molecule has 4 nitrogen and oxygen atoms in total. The first kappa shape index (κ1) is 12.8. The molecule has 1 aliphatic rings. The van der Waals surface area contributed by atoms with Crippen molar-refractivity contribution >= 4 is 11.4 Å². The van der Waals surface area contributed by atoms with E-state index < -0.39 is 10.7 Å². The van der Waals surface area contributed by atoms with Gasteiger partial charge in [0.2, 0.25) is 0 Å². The van der Waals surface area contributed by atoms with Gasteiger partial charge in [-0.25, -0.2) is 4.39 Å². The molecule has 0 aromatic heterocycles. The second-order valence-electron chi connectivity index (χ2n) is 4.97. The van der Waals surface area contributed by atoms with Gasteiger partial charge < -0.3 is 5.32 Å². The SMILES string of the molecule is CC(CC1CCC1)Nc1c(F)cccc1[N+](=O)[O-]. The van der Waals surface area contributed by atoms with Crippen molar-refractivity contribution in [2.75, 3.05) is 5.32 Å². The zero-order valence-electron chi connectivity index (χ0n) is 10.4. The molecule has 18 heavy (non-hydrogen) atoms. The molecule has 0 spiro atoms. The lowest BCUT2D eigenvalue weighted by Crippen LogP contribution is -2.24. The van der Waals surface area contributed by atoms with E-state index in [0.717, 1.165) is 6.42 Å². The van der Waals surface area contributed by atoms with Gasteiger partial charge in [0.05, 0.1) is 4.92 Å². The quantitative estimate of drug-likeness (QED) is 0.641. The zero-order chi connectivity index (χ0) is 13.1. The zero-order valence-corrected chi connectivity index (χ0v) is 10.4. The summed E-state index contributed by atoms with van der Waals surface area (Å²) in [6.07, 6.45) is 4.62. The maximum absolute atomic E-state index is 13.6. The largest absolute Gasteiger partial charge is 0.375 e. The van der Waals surface area contributed by atoms with E-state index in [4.69, 9.17) is 0 Å². The molecule has 0 heterocycles. The van der Waals surface area contributed by atoms with Crippen LogP contribution in [-0.4, -0.2) is 11.0 Å². The molecule has 1 unspecified atom stereocenters. The maximum Gasteiger partial charge on any atom is 0.295 e. The molecular formula is C13H17FN2O2. The molecule has 0 aliphatic heterocycles. The van der Waals surface area contributed by atoms with Crippen molar-refractivity contribution in [3.63, 3.8) is 0 Å². The number of nitro benzene ring substituents is 1. The molecular weight excluding hydrogens is 235 g/mol. The molecule has 1 N–H and O–H groups in total. The van der Waals surface area contributed by atoms with E-state index >= 15 is 0 Å². The minimum absolute atomic E-state index is 0.00863. The lowest BCUT2D eigenvalue weighted by atomic mass is 9.81. The molecule has 1 aromatic carbocycles. The Kier molecular flexibility index (Phi) is 3.79. The van der Waals surface area contributed by atoms with Gasteiger partial charge in [-0.15, -0.1) is 0 Å². The minimum Gasteiger partial charge on any atom is -0.375 e. The molecule has 1 aliphatic carbocycles. The van der Waals surface area contributed by atoms with E-state index in [0.29, 0.717) is 5.92 Å². The predicted octanol–water partition coefficient (Wildman–Crippen LogP) is 3.72. The summed E-state index contributed by atoms with van der Waals surface area (Å²) < 4.78 is 13.6. The number of nitro groups is 1. The van der Waals surface area contributed by atoms with Crippen molar-refractivity contribution in [1.82, 2.24) is 0 Å². The number of para-hydroxylation sites is 1. The van der Waals surface area contributed by atoms with Crippen LogP contribution in [0, 0.1) is 21.8 Å². The Morgan fingerprint density at radius 3 is 2.83 bits per heavy atom. The molecule has 1 saturated carbocycles. The molecule has 98 valence electrons. The molecule has 0 saturated heterocycles. The molecule has 5 heteroatoms. The molecule has 0 radical (unpaired) electrons. The van der Waals surface area contributed by atoms with Crippen molar-refractivity contribution in [2.45, 2.75) is 38.6 Å². The molecule has 0 amide bonds. The van der Waals surface area contributed by atoms with Gasteiger partial charge in [0, 0.05) is 12.1 Å². The van der Waals surface area contributed by atoms with Gasteiger partial charge in [0.15, 0.2) is 5.82 Å². The van der Waals surface area contributed by atoms with Crippen LogP contribution in [0.4, 0.5) is 15.8 Å². The highest BCUT2D eigenvalue weighted by molar-refractivity contribution is 5.62. The van der Waals surface area contributed by atoms with Crippen molar-refractivity contribution in [3.05, 3.63) is 34.1 Å². The van der Waals surface area contributed by atoms with E-state index in [9.17, 15) is 14.5 Å².